The minimum Gasteiger partial charge on any atom is -0.488 e. The number of aliphatic hydroxyl groups excluding tert-OH is 1. The second kappa shape index (κ2) is 15.2. The molecule has 0 aliphatic carbocycles. The average Bonchev–Trinajstić information content (AvgIpc) is 3.03. The Morgan fingerprint density at radius 2 is 1.86 bits per heavy atom. The summed E-state index contributed by atoms with van der Waals surface area (Å²) >= 11 is 0. The zero-order chi connectivity index (χ0) is 31.9. The van der Waals surface area contributed by atoms with Gasteiger partial charge in [0.2, 0.25) is 11.8 Å². The number of carbonyl (C=O) groups is 2. The van der Waals surface area contributed by atoms with Crippen molar-refractivity contribution in [2.24, 2.45) is 5.92 Å². The van der Waals surface area contributed by atoms with Gasteiger partial charge >= 0.3 is 6.18 Å². The molecule has 1 saturated heterocycles. The largest absolute Gasteiger partial charge is 0.488 e. The van der Waals surface area contributed by atoms with Gasteiger partial charge in [0.05, 0.1) is 37.8 Å². The SMILES string of the molecule is C[C@H]1CN([C@@H](C)CO)C(=O)Cc2cc(NC(=O)CCN3CCOCC3)ccc2O[C@@H]1CN(C)Cc1ccc(C(F)(F)F)cc1. The van der Waals surface area contributed by atoms with Gasteiger partial charge in [-0.2, -0.15) is 13.2 Å². The number of nitrogens with one attached hydrogen (secondary N) is 1. The molecule has 0 aromatic heterocycles. The summed E-state index contributed by atoms with van der Waals surface area (Å²) in [5, 5.41) is 12.8. The lowest BCUT2D eigenvalue weighted by Gasteiger charge is -2.34. The number of hydrogen-bond donors (Lipinski definition) is 2. The first-order valence-corrected chi connectivity index (χ1v) is 15.1. The molecule has 1 fully saturated rings. The van der Waals surface area contributed by atoms with Gasteiger partial charge in [0, 0.05) is 62.9 Å². The van der Waals surface area contributed by atoms with E-state index in [0.29, 0.717) is 62.8 Å². The van der Waals surface area contributed by atoms with Crippen LogP contribution >= 0.6 is 0 Å². The molecule has 44 heavy (non-hydrogen) atoms. The molecule has 2 amide bonds. The Labute approximate surface area is 256 Å². The van der Waals surface area contributed by atoms with Gasteiger partial charge in [0.1, 0.15) is 11.9 Å². The molecule has 12 heteroatoms. The number of anilines is 1. The summed E-state index contributed by atoms with van der Waals surface area (Å²) in [6.45, 7) is 8.35. The number of alkyl halides is 3. The molecule has 2 heterocycles. The Morgan fingerprint density at radius 1 is 1.16 bits per heavy atom. The summed E-state index contributed by atoms with van der Waals surface area (Å²) in [4.78, 5) is 32.0. The first-order chi connectivity index (χ1) is 20.9. The number of nitrogens with zero attached hydrogens (tertiary/aromatic N) is 3. The number of ether oxygens (including phenoxy) is 2. The topological polar surface area (TPSA) is 94.6 Å². The number of amides is 2. The lowest BCUT2D eigenvalue weighted by atomic mass is 10.0. The van der Waals surface area contributed by atoms with Crippen molar-refractivity contribution in [3.8, 4) is 5.75 Å². The molecule has 0 unspecified atom stereocenters. The van der Waals surface area contributed by atoms with E-state index >= 15 is 0 Å². The number of carbonyl (C=O) groups excluding carboxylic acids is 2. The standard InChI is InChI=1S/C32H43F3N4O5/c1-22-18-39(23(2)21-40)31(42)17-25-16-27(36-30(41)10-11-38-12-14-43-15-13-38)8-9-28(25)44-29(22)20-37(3)19-24-4-6-26(7-5-24)32(33,34)35/h4-9,16,22-23,29,40H,10-15,17-21H2,1-3H3,(H,36,41)/t22-,23-,29+/m0/s1. The lowest BCUT2D eigenvalue weighted by Crippen LogP contribution is -2.47. The molecule has 9 nitrogen and oxygen atoms in total. The summed E-state index contributed by atoms with van der Waals surface area (Å²) in [5.41, 5.74) is 1.23. The quantitative estimate of drug-likeness (QED) is 0.419. The highest BCUT2D eigenvalue weighted by Crippen LogP contribution is 2.31. The highest BCUT2D eigenvalue weighted by atomic mass is 19.4. The van der Waals surface area contributed by atoms with Crippen molar-refractivity contribution >= 4 is 17.5 Å². The first-order valence-electron chi connectivity index (χ1n) is 15.1. The van der Waals surface area contributed by atoms with Gasteiger partial charge in [-0.25, -0.2) is 0 Å². The number of likely N-dealkylation sites (N-methyl/N-ethyl adjacent to an activating group) is 1. The van der Waals surface area contributed by atoms with Crippen LogP contribution in [-0.4, -0.2) is 103 Å². The van der Waals surface area contributed by atoms with Gasteiger partial charge in [0.25, 0.3) is 0 Å². The summed E-state index contributed by atoms with van der Waals surface area (Å²) in [6.07, 6.45) is -4.39. The third-order valence-electron chi connectivity index (χ3n) is 8.18. The van der Waals surface area contributed by atoms with Crippen LogP contribution in [0.3, 0.4) is 0 Å². The molecule has 0 saturated carbocycles. The Bertz CT molecular complexity index is 1250. The van der Waals surface area contributed by atoms with Crippen LogP contribution in [0.25, 0.3) is 0 Å². The monoisotopic (exact) mass is 620 g/mol. The van der Waals surface area contributed by atoms with E-state index in [1.807, 2.05) is 18.9 Å². The summed E-state index contributed by atoms with van der Waals surface area (Å²) in [6, 6.07) is 10.00. The van der Waals surface area contributed by atoms with Gasteiger partial charge in [-0.15, -0.1) is 0 Å². The van der Waals surface area contributed by atoms with Crippen molar-refractivity contribution in [3.63, 3.8) is 0 Å². The Morgan fingerprint density at radius 3 is 2.52 bits per heavy atom. The van der Waals surface area contributed by atoms with Gasteiger partial charge < -0.3 is 24.8 Å². The van der Waals surface area contributed by atoms with Gasteiger partial charge in [-0.05, 0) is 49.9 Å². The van der Waals surface area contributed by atoms with Gasteiger partial charge in [0.15, 0.2) is 0 Å². The molecule has 4 rings (SSSR count). The van der Waals surface area contributed by atoms with E-state index in [2.05, 4.69) is 10.2 Å². The first kappa shape index (κ1) is 33.7. The van der Waals surface area contributed by atoms with Crippen molar-refractivity contribution in [2.45, 2.75) is 51.6 Å². The van der Waals surface area contributed by atoms with E-state index in [4.69, 9.17) is 9.47 Å². The fourth-order valence-electron chi connectivity index (χ4n) is 5.52. The maximum absolute atomic E-state index is 13.5. The minimum atomic E-state index is -4.39. The number of fused-ring (bicyclic) bond motifs is 1. The second-order valence-electron chi connectivity index (χ2n) is 11.9. The van der Waals surface area contributed by atoms with Crippen molar-refractivity contribution in [2.75, 3.05) is 64.9 Å². The van der Waals surface area contributed by atoms with E-state index in [9.17, 15) is 27.9 Å². The summed E-state index contributed by atoms with van der Waals surface area (Å²) < 4.78 is 50.9. The predicted octanol–water partition coefficient (Wildman–Crippen LogP) is 3.65. The number of morpholine rings is 1. The van der Waals surface area contributed by atoms with E-state index < -0.39 is 17.8 Å². The summed E-state index contributed by atoms with van der Waals surface area (Å²) in [7, 11) is 1.87. The summed E-state index contributed by atoms with van der Waals surface area (Å²) in [5.74, 6) is 0.118. The van der Waals surface area contributed by atoms with Crippen LogP contribution in [0.15, 0.2) is 42.5 Å². The van der Waals surface area contributed by atoms with E-state index in [-0.39, 0.29) is 36.9 Å². The molecule has 3 atom stereocenters. The van der Waals surface area contributed by atoms with Crippen LogP contribution in [-0.2, 0) is 33.5 Å². The second-order valence-corrected chi connectivity index (χ2v) is 11.9. The van der Waals surface area contributed by atoms with Crippen molar-refractivity contribution in [3.05, 3.63) is 59.2 Å². The highest BCUT2D eigenvalue weighted by molar-refractivity contribution is 5.91. The molecular weight excluding hydrogens is 577 g/mol. The fourth-order valence-corrected chi connectivity index (χ4v) is 5.52. The molecule has 2 N–H and O–H groups in total. The third kappa shape index (κ3) is 9.40. The molecule has 0 radical (unpaired) electrons. The maximum Gasteiger partial charge on any atom is 0.416 e. The van der Waals surface area contributed by atoms with E-state index in [0.717, 1.165) is 30.8 Å². The van der Waals surface area contributed by atoms with Crippen LogP contribution in [0.4, 0.5) is 18.9 Å². The fraction of sp³-hybridized carbons (Fsp3) is 0.562. The van der Waals surface area contributed by atoms with Crippen LogP contribution in [0.1, 0.15) is 37.0 Å². The lowest BCUT2D eigenvalue weighted by molar-refractivity contribution is -0.137. The Hall–Kier alpha value is -3.19. The number of rotatable bonds is 10. The van der Waals surface area contributed by atoms with Crippen LogP contribution < -0.4 is 10.1 Å². The maximum atomic E-state index is 13.5. The predicted molar refractivity (Wildman–Crippen MR) is 160 cm³/mol. The average molecular weight is 621 g/mol. The molecule has 242 valence electrons. The molecule has 2 aliphatic rings. The Balaban J connectivity index is 1.49. The van der Waals surface area contributed by atoms with Gasteiger partial charge in [-0.3, -0.25) is 19.4 Å². The van der Waals surface area contributed by atoms with Crippen LogP contribution in [0, 0.1) is 5.92 Å². The number of aliphatic hydroxyl groups is 1. The zero-order valence-corrected chi connectivity index (χ0v) is 25.6. The van der Waals surface area contributed by atoms with Crippen molar-refractivity contribution in [1.82, 2.24) is 14.7 Å². The number of benzene rings is 2. The van der Waals surface area contributed by atoms with E-state index in [1.165, 1.54) is 12.1 Å². The molecule has 2 aromatic rings. The highest BCUT2D eigenvalue weighted by Gasteiger charge is 2.32. The molecule has 0 bridgehead atoms. The molecule has 2 aliphatic heterocycles. The number of halogens is 3. The zero-order valence-electron chi connectivity index (χ0n) is 25.6. The van der Waals surface area contributed by atoms with Crippen LogP contribution in [0.5, 0.6) is 5.75 Å². The normalized spacial score (nSPS) is 20.7. The van der Waals surface area contributed by atoms with Crippen molar-refractivity contribution in [1.29, 1.82) is 0 Å². The smallest absolute Gasteiger partial charge is 0.416 e. The Kier molecular flexibility index (Phi) is 11.6. The third-order valence-corrected chi connectivity index (χ3v) is 8.18. The molecule has 2 aromatic carbocycles. The van der Waals surface area contributed by atoms with Gasteiger partial charge in [-0.1, -0.05) is 19.1 Å². The van der Waals surface area contributed by atoms with Crippen LogP contribution in [0.2, 0.25) is 0 Å². The molecular formula is C32H43F3N4O5. The minimum absolute atomic E-state index is 0.0397. The van der Waals surface area contributed by atoms with E-state index in [1.54, 1.807) is 30.0 Å². The van der Waals surface area contributed by atoms with Crippen molar-refractivity contribution < 1.29 is 37.3 Å². The molecule has 0 spiro atoms. The number of hydrogen-bond acceptors (Lipinski definition) is 7.